The minimum atomic E-state index is 0.530. The Balaban J connectivity index is 1.95. The maximum atomic E-state index is 4.48. The van der Waals surface area contributed by atoms with E-state index in [1.165, 1.54) is 41.6 Å². The fraction of sp³-hybridized carbons (Fsp3) is 0.500. The van der Waals surface area contributed by atoms with Crippen molar-refractivity contribution < 1.29 is 0 Å². The van der Waals surface area contributed by atoms with Gasteiger partial charge in [0.05, 0.1) is 5.69 Å². The summed E-state index contributed by atoms with van der Waals surface area (Å²) in [6, 6.07) is 9.42. The maximum absolute atomic E-state index is 4.48. The minimum Gasteiger partial charge on any atom is -0.310 e. The molecule has 21 heavy (non-hydrogen) atoms. The van der Waals surface area contributed by atoms with E-state index in [9.17, 15) is 0 Å². The Bertz CT molecular complexity index is 600. The Labute approximate surface area is 127 Å². The van der Waals surface area contributed by atoms with Gasteiger partial charge in [0.25, 0.3) is 0 Å². The molecule has 0 spiro atoms. The largest absolute Gasteiger partial charge is 0.310 e. The number of aromatic nitrogens is 2. The fourth-order valence-electron chi connectivity index (χ4n) is 3.38. The number of nitrogens with zero attached hydrogens (tertiary/aromatic N) is 2. The second-order valence-electron chi connectivity index (χ2n) is 5.86. The van der Waals surface area contributed by atoms with E-state index >= 15 is 0 Å². The van der Waals surface area contributed by atoms with Crippen molar-refractivity contribution in [1.29, 1.82) is 0 Å². The highest BCUT2D eigenvalue weighted by Crippen LogP contribution is 2.37. The third-order valence-electron chi connectivity index (χ3n) is 4.34. The van der Waals surface area contributed by atoms with E-state index in [0.717, 1.165) is 19.5 Å². The van der Waals surface area contributed by atoms with Gasteiger partial charge in [-0.25, -0.2) is 0 Å². The smallest absolute Gasteiger partial charge is 0.0685 e. The first-order chi connectivity index (χ1) is 10.3. The standard InChI is InChI=1S/C18H25N3/c1-3-11-19-17-9-8-14-15(17)6-5-7-16(14)18-10-12-20-21(18)13-4-2/h5-7,10,12,17,19H,3-4,8-9,11,13H2,1-2H3. The lowest BCUT2D eigenvalue weighted by Crippen LogP contribution is -2.19. The predicted molar refractivity (Wildman–Crippen MR) is 87.3 cm³/mol. The van der Waals surface area contributed by atoms with Gasteiger partial charge in [0.15, 0.2) is 0 Å². The topological polar surface area (TPSA) is 29.9 Å². The van der Waals surface area contributed by atoms with Crippen LogP contribution in [0.15, 0.2) is 30.5 Å². The van der Waals surface area contributed by atoms with Crippen LogP contribution in [0.25, 0.3) is 11.3 Å². The summed E-state index contributed by atoms with van der Waals surface area (Å²) in [6.45, 7) is 6.51. The highest BCUT2D eigenvalue weighted by Gasteiger charge is 2.25. The molecular formula is C18H25N3. The molecule has 0 saturated carbocycles. The van der Waals surface area contributed by atoms with Gasteiger partial charge in [0, 0.05) is 24.3 Å². The molecule has 0 saturated heterocycles. The molecule has 3 rings (SSSR count). The van der Waals surface area contributed by atoms with Crippen molar-refractivity contribution in [2.24, 2.45) is 0 Å². The van der Waals surface area contributed by atoms with Crippen LogP contribution in [0.3, 0.4) is 0 Å². The number of fused-ring (bicyclic) bond motifs is 1. The predicted octanol–water partition coefficient (Wildman–Crippen LogP) is 3.95. The summed E-state index contributed by atoms with van der Waals surface area (Å²) < 4.78 is 2.14. The zero-order valence-corrected chi connectivity index (χ0v) is 13.1. The molecule has 0 amide bonds. The number of rotatable bonds is 6. The van der Waals surface area contributed by atoms with Gasteiger partial charge < -0.3 is 5.32 Å². The van der Waals surface area contributed by atoms with Crippen LogP contribution in [-0.4, -0.2) is 16.3 Å². The molecule has 1 aromatic heterocycles. The molecule has 1 atom stereocenters. The van der Waals surface area contributed by atoms with E-state index in [4.69, 9.17) is 0 Å². The molecule has 1 aromatic carbocycles. The summed E-state index contributed by atoms with van der Waals surface area (Å²) in [7, 11) is 0. The molecule has 1 unspecified atom stereocenters. The summed E-state index contributed by atoms with van der Waals surface area (Å²) in [5, 5.41) is 8.15. The lowest BCUT2D eigenvalue weighted by molar-refractivity contribution is 0.529. The lowest BCUT2D eigenvalue weighted by atomic mass is 10.00. The van der Waals surface area contributed by atoms with Crippen molar-refractivity contribution in [3.63, 3.8) is 0 Å². The van der Waals surface area contributed by atoms with Crippen molar-refractivity contribution in [2.45, 2.75) is 52.1 Å². The van der Waals surface area contributed by atoms with E-state index in [0.29, 0.717) is 6.04 Å². The Morgan fingerprint density at radius 2 is 2.14 bits per heavy atom. The lowest BCUT2D eigenvalue weighted by Gasteiger charge is -2.15. The highest BCUT2D eigenvalue weighted by atomic mass is 15.3. The first-order valence-electron chi connectivity index (χ1n) is 8.22. The van der Waals surface area contributed by atoms with E-state index in [1.54, 1.807) is 0 Å². The average Bonchev–Trinajstić information content (AvgIpc) is 3.12. The minimum absolute atomic E-state index is 0.530. The Morgan fingerprint density at radius 3 is 2.95 bits per heavy atom. The van der Waals surface area contributed by atoms with Crippen molar-refractivity contribution in [3.8, 4) is 11.3 Å². The second kappa shape index (κ2) is 6.44. The molecule has 1 heterocycles. The summed E-state index contributed by atoms with van der Waals surface area (Å²) in [5.41, 5.74) is 5.65. The van der Waals surface area contributed by atoms with Crippen LogP contribution in [0.4, 0.5) is 0 Å². The Hall–Kier alpha value is -1.61. The SMILES string of the molecule is CCCNC1CCc2c(-c3ccnn3CCC)cccc21. The zero-order chi connectivity index (χ0) is 14.7. The maximum Gasteiger partial charge on any atom is 0.0685 e. The number of benzene rings is 1. The van der Waals surface area contributed by atoms with Crippen molar-refractivity contribution >= 4 is 0 Å². The van der Waals surface area contributed by atoms with Gasteiger partial charge in [-0.2, -0.15) is 5.10 Å². The Kier molecular flexibility index (Phi) is 4.39. The number of aryl methyl sites for hydroxylation is 1. The summed E-state index contributed by atoms with van der Waals surface area (Å²) >= 11 is 0. The van der Waals surface area contributed by atoms with E-state index in [-0.39, 0.29) is 0 Å². The molecule has 3 nitrogen and oxygen atoms in total. The van der Waals surface area contributed by atoms with E-state index in [1.807, 2.05) is 6.20 Å². The number of nitrogens with one attached hydrogen (secondary N) is 1. The second-order valence-corrected chi connectivity index (χ2v) is 5.86. The summed E-state index contributed by atoms with van der Waals surface area (Å²) in [6.07, 6.45) is 6.61. The molecular weight excluding hydrogens is 258 g/mol. The normalized spacial score (nSPS) is 17.1. The van der Waals surface area contributed by atoms with Crippen LogP contribution >= 0.6 is 0 Å². The van der Waals surface area contributed by atoms with Gasteiger partial charge in [0.2, 0.25) is 0 Å². The fourth-order valence-corrected chi connectivity index (χ4v) is 3.38. The average molecular weight is 283 g/mol. The molecule has 1 aliphatic rings. The Morgan fingerprint density at radius 1 is 1.24 bits per heavy atom. The van der Waals surface area contributed by atoms with Gasteiger partial charge in [0.1, 0.15) is 0 Å². The van der Waals surface area contributed by atoms with Crippen molar-refractivity contribution in [1.82, 2.24) is 15.1 Å². The van der Waals surface area contributed by atoms with Crippen LogP contribution in [-0.2, 0) is 13.0 Å². The van der Waals surface area contributed by atoms with Gasteiger partial charge >= 0.3 is 0 Å². The molecule has 1 N–H and O–H groups in total. The van der Waals surface area contributed by atoms with Gasteiger partial charge in [-0.05, 0) is 49.4 Å². The zero-order valence-electron chi connectivity index (χ0n) is 13.1. The van der Waals surface area contributed by atoms with E-state index < -0.39 is 0 Å². The van der Waals surface area contributed by atoms with Crippen molar-refractivity contribution in [2.75, 3.05) is 6.54 Å². The van der Waals surface area contributed by atoms with Crippen molar-refractivity contribution in [3.05, 3.63) is 41.6 Å². The summed E-state index contributed by atoms with van der Waals surface area (Å²) in [5.74, 6) is 0. The highest BCUT2D eigenvalue weighted by molar-refractivity contribution is 5.67. The van der Waals surface area contributed by atoms with Crippen LogP contribution in [0.1, 0.15) is 50.3 Å². The first-order valence-corrected chi connectivity index (χ1v) is 8.22. The molecule has 2 aromatic rings. The third-order valence-corrected chi connectivity index (χ3v) is 4.34. The molecule has 0 aliphatic heterocycles. The number of hydrogen-bond donors (Lipinski definition) is 1. The number of hydrogen-bond acceptors (Lipinski definition) is 2. The van der Waals surface area contributed by atoms with Gasteiger partial charge in [-0.3, -0.25) is 4.68 Å². The monoisotopic (exact) mass is 283 g/mol. The van der Waals surface area contributed by atoms with E-state index in [2.05, 4.69) is 53.2 Å². The van der Waals surface area contributed by atoms with Crippen LogP contribution in [0, 0.1) is 0 Å². The summed E-state index contributed by atoms with van der Waals surface area (Å²) in [4.78, 5) is 0. The third kappa shape index (κ3) is 2.75. The molecule has 112 valence electrons. The molecule has 0 fully saturated rings. The molecule has 0 bridgehead atoms. The molecule has 0 radical (unpaired) electrons. The van der Waals surface area contributed by atoms with Crippen LogP contribution in [0.2, 0.25) is 0 Å². The molecule has 3 heteroatoms. The molecule has 1 aliphatic carbocycles. The van der Waals surface area contributed by atoms with Gasteiger partial charge in [-0.15, -0.1) is 0 Å². The first kappa shape index (κ1) is 14.3. The van der Waals surface area contributed by atoms with Crippen LogP contribution in [0.5, 0.6) is 0 Å². The quantitative estimate of drug-likeness (QED) is 0.870. The van der Waals surface area contributed by atoms with Crippen LogP contribution < -0.4 is 5.32 Å². The van der Waals surface area contributed by atoms with Gasteiger partial charge in [-0.1, -0.05) is 32.0 Å².